The van der Waals surface area contributed by atoms with Crippen molar-refractivity contribution in [1.29, 1.82) is 0 Å². The lowest BCUT2D eigenvalue weighted by molar-refractivity contribution is 0.0939. The summed E-state index contributed by atoms with van der Waals surface area (Å²) in [6.07, 6.45) is 8.89. The minimum Gasteiger partial charge on any atom is -0.396 e. The maximum Gasteiger partial charge on any atom is 0.0431 e. The van der Waals surface area contributed by atoms with Crippen LogP contribution in [-0.4, -0.2) is 36.2 Å². The Kier molecular flexibility index (Phi) is 6.37. The molecule has 2 nitrogen and oxygen atoms in total. The van der Waals surface area contributed by atoms with Crippen LogP contribution < -0.4 is 0 Å². The summed E-state index contributed by atoms with van der Waals surface area (Å²) in [7, 11) is 0. The van der Waals surface area contributed by atoms with E-state index in [-0.39, 0.29) is 0 Å². The highest BCUT2D eigenvalue weighted by molar-refractivity contribution is 4.83. The van der Waals surface area contributed by atoms with Gasteiger partial charge in [0.1, 0.15) is 0 Å². The lowest BCUT2D eigenvalue weighted by Crippen LogP contribution is -2.39. The lowest BCUT2D eigenvalue weighted by atomic mass is 9.74. The highest BCUT2D eigenvalue weighted by atomic mass is 16.2. The molecule has 1 fully saturated rings. The SMILES string of the molecule is CCC1(CC)CCN(CCCCCO)CC1. The van der Waals surface area contributed by atoms with Gasteiger partial charge in [-0.15, -0.1) is 0 Å². The average molecular weight is 227 g/mol. The Bertz CT molecular complexity index is 168. The summed E-state index contributed by atoms with van der Waals surface area (Å²) in [6, 6.07) is 0. The highest BCUT2D eigenvalue weighted by Gasteiger charge is 2.30. The second-order valence-corrected chi connectivity index (χ2v) is 5.33. The predicted octanol–water partition coefficient (Wildman–Crippen LogP) is 3.05. The van der Waals surface area contributed by atoms with Gasteiger partial charge in [0.05, 0.1) is 0 Å². The van der Waals surface area contributed by atoms with Crippen molar-refractivity contribution in [2.45, 2.75) is 58.8 Å². The third kappa shape index (κ3) is 4.06. The van der Waals surface area contributed by atoms with Crippen LogP contribution >= 0.6 is 0 Å². The number of rotatable bonds is 7. The quantitative estimate of drug-likeness (QED) is 0.676. The van der Waals surface area contributed by atoms with Gasteiger partial charge in [0, 0.05) is 6.61 Å². The highest BCUT2D eigenvalue weighted by Crippen LogP contribution is 2.37. The lowest BCUT2D eigenvalue weighted by Gasteiger charge is -2.41. The molecule has 0 aromatic carbocycles. The third-order valence-corrected chi connectivity index (χ3v) is 4.55. The van der Waals surface area contributed by atoms with Gasteiger partial charge in [-0.3, -0.25) is 0 Å². The van der Waals surface area contributed by atoms with Crippen molar-refractivity contribution in [2.75, 3.05) is 26.2 Å². The first kappa shape index (κ1) is 14.0. The second-order valence-electron chi connectivity index (χ2n) is 5.33. The van der Waals surface area contributed by atoms with Crippen LogP contribution in [0.2, 0.25) is 0 Å². The summed E-state index contributed by atoms with van der Waals surface area (Å²) in [5.41, 5.74) is 0.654. The number of hydrogen-bond acceptors (Lipinski definition) is 2. The van der Waals surface area contributed by atoms with Crippen LogP contribution in [0, 0.1) is 5.41 Å². The van der Waals surface area contributed by atoms with E-state index in [4.69, 9.17) is 5.11 Å². The molecule has 1 heterocycles. The van der Waals surface area contributed by atoms with E-state index in [0.29, 0.717) is 12.0 Å². The number of nitrogens with zero attached hydrogens (tertiary/aromatic N) is 1. The molecule has 96 valence electrons. The fraction of sp³-hybridized carbons (Fsp3) is 1.00. The van der Waals surface area contributed by atoms with E-state index in [1.807, 2.05) is 0 Å². The molecule has 16 heavy (non-hydrogen) atoms. The molecule has 0 amide bonds. The number of piperidine rings is 1. The summed E-state index contributed by atoms with van der Waals surface area (Å²) in [6.45, 7) is 8.88. The summed E-state index contributed by atoms with van der Waals surface area (Å²) >= 11 is 0. The molecule has 0 radical (unpaired) electrons. The first-order valence-corrected chi connectivity index (χ1v) is 7.09. The number of likely N-dealkylation sites (tertiary alicyclic amines) is 1. The third-order valence-electron chi connectivity index (χ3n) is 4.55. The molecule has 0 aromatic heterocycles. The van der Waals surface area contributed by atoms with Crippen molar-refractivity contribution in [2.24, 2.45) is 5.41 Å². The van der Waals surface area contributed by atoms with Gasteiger partial charge in [-0.1, -0.05) is 26.7 Å². The van der Waals surface area contributed by atoms with Crippen LogP contribution in [-0.2, 0) is 0 Å². The van der Waals surface area contributed by atoms with E-state index in [9.17, 15) is 0 Å². The van der Waals surface area contributed by atoms with E-state index in [0.717, 1.165) is 6.42 Å². The van der Waals surface area contributed by atoms with Crippen molar-refractivity contribution in [3.63, 3.8) is 0 Å². The standard InChI is InChI=1S/C14H29NO/c1-3-14(4-2)8-11-15(12-9-14)10-6-5-7-13-16/h16H,3-13H2,1-2H3. The summed E-state index contributed by atoms with van der Waals surface area (Å²) < 4.78 is 0. The molecular formula is C14H29NO. The van der Waals surface area contributed by atoms with Crippen molar-refractivity contribution in [3.8, 4) is 0 Å². The van der Waals surface area contributed by atoms with Gasteiger partial charge in [-0.25, -0.2) is 0 Å². The van der Waals surface area contributed by atoms with Crippen molar-refractivity contribution >= 4 is 0 Å². The van der Waals surface area contributed by atoms with Crippen LogP contribution in [0.3, 0.4) is 0 Å². The number of unbranched alkanes of at least 4 members (excludes halogenated alkanes) is 2. The Morgan fingerprint density at radius 2 is 1.62 bits per heavy atom. The molecule has 0 unspecified atom stereocenters. The fourth-order valence-corrected chi connectivity index (χ4v) is 2.83. The maximum atomic E-state index is 8.72. The number of aliphatic hydroxyl groups excluding tert-OH is 1. The molecule has 0 atom stereocenters. The Balaban J connectivity index is 2.16. The van der Waals surface area contributed by atoms with Crippen LogP contribution in [0.1, 0.15) is 58.8 Å². The molecule has 1 N–H and O–H groups in total. The van der Waals surface area contributed by atoms with Gasteiger partial charge < -0.3 is 10.0 Å². The van der Waals surface area contributed by atoms with E-state index >= 15 is 0 Å². The summed E-state index contributed by atoms with van der Waals surface area (Å²) in [5, 5.41) is 8.72. The first-order chi connectivity index (χ1) is 7.76. The summed E-state index contributed by atoms with van der Waals surface area (Å²) in [4.78, 5) is 2.61. The predicted molar refractivity (Wildman–Crippen MR) is 69.6 cm³/mol. The zero-order chi connectivity index (χ0) is 11.9. The van der Waals surface area contributed by atoms with Gasteiger partial charge >= 0.3 is 0 Å². The Morgan fingerprint density at radius 3 is 2.12 bits per heavy atom. The molecule has 0 aromatic rings. The summed E-state index contributed by atoms with van der Waals surface area (Å²) in [5.74, 6) is 0. The average Bonchev–Trinajstić information content (AvgIpc) is 2.36. The molecule has 1 aliphatic rings. The minimum atomic E-state index is 0.356. The molecule has 1 rings (SSSR count). The molecule has 0 spiro atoms. The number of hydrogen-bond donors (Lipinski definition) is 1. The molecule has 0 saturated carbocycles. The Labute approximate surface area is 101 Å². The molecule has 0 aliphatic carbocycles. The van der Waals surface area contributed by atoms with Gasteiger partial charge in [0.15, 0.2) is 0 Å². The monoisotopic (exact) mass is 227 g/mol. The van der Waals surface area contributed by atoms with Gasteiger partial charge in [-0.2, -0.15) is 0 Å². The van der Waals surface area contributed by atoms with Gasteiger partial charge in [0.2, 0.25) is 0 Å². The zero-order valence-corrected chi connectivity index (χ0v) is 11.2. The van der Waals surface area contributed by atoms with Gasteiger partial charge in [0.25, 0.3) is 0 Å². The Morgan fingerprint density at radius 1 is 1.00 bits per heavy atom. The van der Waals surface area contributed by atoms with E-state index in [1.165, 1.54) is 58.2 Å². The molecule has 0 bridgehead atoms. The van der Waals surface area contributed by atoms with Crippen LogP contribution in [0.15, 0.2) is 0 Å². The maximum absolute atomic E-state index is 8.72. The van der Waals surface area contributed by atoms with E-state index in [2.05, 4.69) is 18.7 Å². The minimum absolute atomic E-state index is 0.356. The van der Waals surface area contributed by atoms with Crippen molar-refractivity contribution in [3.05, 3.63) is 0 Å². The van der Waals surface area contributed by atoms with E-state index in [1.54, 1.807) is 0 Å². The normalized spacial score (nSPS) is 21.2. The van der Waals surface area contributed by atoms with Crippen molar-refractivity contribution < 1.29 is 5.11 Å². The molecular weight excluding hydrogens is 198 g/mol. The van der Waals surface area contributed by atoms with Crippen LogP contribution in [0.5, 0.6) is 0 Å². The molecule has 1 saturated heterocycles. The smallest absolute Gasteiger partial charge is 0.0431 e. The molecule has 1 aliphatic heterocycles. The van der Waals surface area contributed by atoms with Crippen LogP contribution in [0.25, 0.3) is 0 Å². The second kappa shape index (κ2) is 7.29. The fourth-order valence-electron chi connectivity index (χ4n) is 2.83. The molecule has 2 heteroatoms. The van der Waals surface area contributed by atoms with Crippen LogP contribution in [0.4, 0.5) is 0 Å². The topological polar surface area (TPSA) is 23.5 Å². The Hall–Kier alpha value is -0.0800. The zero-order valence-electron chi connectivity index (χ0n) is 11.2. The largest absolute Gasteiger partial charge is 0.396 e. The van der Waals surface area contributed by atoms with E-state index < -0.39 is 0 Å². The van der Waals surface area contributed by atoms with Gasteiger partial charge in [-0.05, 0) is 57.2 Å². The first-order valence-electron chi connectivity index (χ1n) is 7.09. The number of aliphatic hydroxyl groups is 1. The van der Waals surface area contributed by atoms with Crippen molar-refractivity contribution in [1.82, 2.24) is 4.90 Å².